The highest BCUT2D eigenvalue weighted by Gasteiger charge is 2.19. The molecule has 0 bridgehead atoms. The van der Waals surface area contributed by atoms with Crippen LogP contribution in [0.2, 0.25) is 0 Å². The van der Waals surface area contributed by atoms with Gasteiger partial charge in [0.1, 0.15) is 0 Å². The summed E-state index contributed by atoms with van der Waals surface area (Å²) < 4.78 is 1.16. The number of benzene rings is 3. The second-order valence-corrected chi connectivity index (χ2v) is 7.03. The minimum atomic E-state index is 1.03. The fraction of sp³-hybridized carbons (Fsp3) is 0.143. The van der Waals surface area contributed by atoms with Crippen LogP contribution in [-0.2, 0) is 6.42 Å². The van der Waals surface area contributed by atoms with Gasteiger partial charge in [-0.15, -0.1) is 0 Å². The van der Waals surface area contributed by atoms with E-state index in [4.69, 9.17) is 0 Å². The summed E-state index contributed by atoms with van der Waals surface area (Å²) in [5.74, 6) is 0. The fourth-order valence-electron chi connectivity index (χ4n) is 3.60. The van der Waals surface area contributed by atoms with Gasteiger partial charge in [0.2, 0.25) is 0 Å². The van der Waals surface area contributed by atoms with E-state index in [1.807, 2.05) is 0 Å². The van der Waals surface area contributed by atoms with Crippen LogP contribution in [0, 0.1) is 13.8 Å². The van der Waals surface area contributed by atoms with Gasteiger partial charge >= 0.3 is 0 Å². The number of hydrogen-bond donors (Lipinski definition) is 0. The zero-order chi connectivity index (χ0) is 15.3. The van der Waals surface area contributed by atoms with E-state index < -0.39 is 0 Å². The van der Waals surface area contributed by atoms with Crippen molar-refractivity contribution >= 4 is 15.9 Å². The normalized spacial score (nSPS) is 12.1. The number of hydrogen-bond acceptors (Lipinski definition) is 0. The van der Waals surface area contributed by atoms with Crippen LogP contribution in [0.4, 0.5) is 0 Å². The first kappa shape index (κ1) is 13.8. The molecule has 1 aliphatic carbocycles. The average Bonchev–Trinajstić information content (AvgIpc) is 2.83. The Balaban J connectivity index is 1.86. The molecule has 0 N–H and O–H groups in total. The van der Waals surface area contributed by atoms with E-state index in [1.54, 1.807) is 0 Å². The van der Waals surface area contributed by atoms with E-state index in [2.05, 4.69) is 84.4 Å². The van der Waals surface area contributed by atoms with Crippen LogP contribution in [-0.4, -0.2) is 0 Å². The monoisotopic (exact) mass is 348 g/mol. The predicted octanol–water partition coefficient (Wildman–Crippen LogP) is 6.30. The molecule has 1 aliphatic rings. The van der Waals surface area contributed by atoms with E-state index in [9.17, 15) is 0 Å². The zero-order valence-electron chi connectivity index (χ0n) is 12.8. The van der Waals surface area contributed by atoms with Gasteiger partial charge in [0.05, 0.1) is 0 Å². The molecule has 0 aromatic heterocycles. The summed E-state index contributed by atoms with van der Waals surface area (Å²) in [5, 5.41) is 0. The maximum Gasteiger partial charge on any atom is 0.0178 e. The van der Waals surface area contributed by atoms with Crippen LogP contribution in [0.15, 0.2) is 59.1 Å². The second kappa shape index (κ2) is 5.10. The molecule has 4 rings (SSSR count). The summed E-state index contributed by atoms with van der Waals surface area (Å²) in [5.41, 5.74) is 11.0. The molecule has 0 aliphatic heterocycles. The molecular weight excluding hydrogens is 332 g/mol. The van der Waals surface area contributed by atoms with Crippen molar-refractivity contribution in [2.75, 3.05) is 0 Å². The maximum absolute atomic E-state index is 3.58. The highest BCUT2D eigenvalue weighted by atomic mass is 79.9. The molecule has 0 spiro atoms. The van der Waals surface area contributed by atoms with Crippen molar-refractivity contribution in [1.82, 2.24) is 0 Å². The standard InChI is InChI=1S/C21H17Br/c1-13-4-3-5-14(2)21(13)15-6-8-19-16(10-15)11-17-12-18(22)7-9-20(17)19/h3-10,12H,11H2,1-2H3. The van der Waals surface area contributed by atoms with Crippen molar-refractivity contribution in [1.29, 1.82) is 0 Å². The van der Waals surface area contributed by atoms with E-state index >= 15 is 0 Å². The summed E-state index contributed by atoms with van der Waals surface area (Å²) in [7, 11) is 0. The number of fused-ring (bicyclic) bond motifs is 3. The van der Waals surface area contributed by atoms with Crippen LogP contribution < -0.4 is 0 Å². The van der Waals surface area contributed by atoms with Crippen molar-refractivity contribution in [3.8, 4) is 22.3 Å². The molecule has 0 nitrogen and oxygen atoms in total. The minimum Gasteiger partial charge on any atom is -0.0617 e. The Morgan fingerprint density at radius 1 is 0.773 bits per heavy atom. The molecule has 0 unspecified atom stereocenters. The lowest BCUT2D eigenvalue weighted by molar-refractivity contribution is 1.26. The topological polar surface area (TPSA) is 0 Å². The first-order chi connectivity index (χ1) is 10.6. The van der Waals surface area contributed by atoms with Crippen LogP contribution in [0.25, 0.3) is 22.3 Å². The van der Waals surface area contributed by atoms with Crippen molar-refractivity contribution in [3.63, 3.8) is 0 Å². The molecule has 0 atom stereocenters. The Labute approximate surface area is 140 Å². The van der Waals surface area contributed by atoms with Gasteiger partial charge in [-0.05, 0) is 76.9 Å². The summed E-state index contributed by atoms with van der Waals surface area (Å²) in [6.07, 6.45) is 1.03. The maximum atomic E-state index is 3.58. The molecule has 1 heteroatoms. The molecule has 22 heavy (non-hydrogen) atoms. The highest BCUT2D eigenvalue weighted by molar-refractivity contribution is 9.10. The Morgan fingerprint density at radius 2 is 1.41 bits per heavy atom. The summed E-state index contributed by atoms with van der Waals surface area (Å²) >= 11 is 3.58. The smallest absolute Gasteiger partial charge is 0.0178 e. The van der Waals surface area contributed by atoms with Crippen LogP contribution in [0.1, 0.15) is 22.3 Å². The van der Waals surface area contributed by atoms with Crippen molar-refractivity contribution in [3.05, 3.63) is 81.3 Å². The second-order valence-electron chi connectivity index (χ2n) is 6.12. The molecule has 0 radical (unpaired) electrons. The number of aryl methyl sites for hydroxylation is 2. The highest BCUT2D eigenvalue weighted by Crippen LogP contribution is 2.40. The Hall–Kier alpha value is -1.86. The van der Waals surface area contributed by atoms with Gasteiger partial charge < -0.3 is 0 Å². The summed E-state index contributed by atoms with van der Waals surface area (Å²) in [6.45, 7) is 4.39. The molecule has 3 aromatic carbocycles. The number of rotatable bonds is 1. The summed E-state index contributed by atoms with van der Waals surface area (Å²) in [6, 6.07) is 20.1. The van der Waals surface area contributed by atoms with Gasteiger partial charge in [-0.1, -0.05) is 58.4 Å². The molecular formula is C21H17Br. The lowest BCUT2D eigenvalue weighted by Crippen LogP contribution is -1.89. The van der Waals surface area contributed by atoms with Crippen molar-refractivity contribution < 1.29 is 0 Å². The predicted molar refractivity (Wildman–Crippen MR) is 97.3 cm³/mol. The Bertz CT molecular complexity index is 870. The third kappa shape index (κ3) is 2.12. The SMILES string of the molecule is Cc1cccc(C)c1-c1ccc2c(c1)Cc1cc(Br)ccc1-2. The van der Waals surface area contributed by atoms with Gasteiger partial charge in [0, 0.05) is 4.47 Å². The molecule has 108 valence electrons. The Kier molecular flexibility index (Phi) is 3.19. The lowest BCUT2D eigenvalue weighted by Gasteiger charge is -2.11. The van der Waals surface area contributed by atoms with E-state index in [-0.39, 0.29) is 0 Å². The fourth-order valence-corrected chi connectivity index (χ4v) is 4.01. The summed E-state index contributed by atoms with van der Waals surface area (Å²) in [4.78, 5) is 0. The van der Waals surface area contributed by atoms with Gasteiger partial charge in [-0.3, -0.25) is 0 Å². The van der Waals surface area contributed by atoms with Crippen LogP contribution >= 0.6 is 15.9 Å². The van der Waals surface area contributed by atoms with Gasteiger partial charge in [-0.2, -0.15) is 0 Å². The van der Waals surface area contributed by atoms with Crippen LogP contribution in [0.5, 0.6) is 0 Å². The molecule has 0 saturated heterocycles. The minimum absolute atomic E-state index is 1.03. The average molecular weight is 349 g/mol. The molecule has 3 aromatic rings. The van der Waals surface area contributed by atoms with Gasteiger partial charge in [-0.25, -0.2) is 0 Å². The van der Waals surface area contributed by atoms with Crippen molar-refractivity contribution in [2.45, 2.75) is 20.3 Å². The first-order valence-electron chi connectivity index (χ1n) is 7.62. The van der Waals surface area contributed by atoms with Gasteiger partial charge in [0.15, 0.2) is 0 Å². The quantitative estimate of drug-likeness (QED) is 0.378. The van der Waals surface area contributed by atoms with Crippen molar-refractivity contribution in [2.24, 2.45) is 0 Å². The molecule has 0 heterocycles. The Morgan fingerprint density at radius 3 is 2.14 bits per heavy atom. The first-order valence-corrected chi connectivity index (χ1v) is 8.41. The largest absolute Gasteiger partial charge is 0.0617 e. The van der Waals surface area contributed by atoms with E-state index in [1.165, 1.54) is 44.5 Å². The number of halogens is 1. The van der Waals surface area contributed by atoms with Crippen LogP contribution in [0.3, 0.4) is 0 Å². The van der Waals surface area contributed by atoms with E-state index in [0.717, 1.165) is 10.9 Å². The third-order valence-corrected chi connectivity index (χ3v) is 5.11. The lowest BCUT2D eigenvalue weighted by atomic mass is 9.93. The third-order valence-electron chi connectivity index (χ3n) is 4.61. The van der Waals surface area contributed by atoms with E-state index in [0.29, 0.717) is 0 Å². The zero-order valence-corrected chi connectivity index (χ0v) is 14.4. The molecule has 0 amide bonds. The molecule has 0 saturated carbocycles. The van der Waals surface area contributed by atoms with Gasteiger partial charge in [0.25, 0.3) is 0 Å². The molecule has 0 fully saturated rings.